The summed E-state index contributed by atoms with van der Waals surface area (Å²) < 4.78 is 4.98. The summed E-state index contributed by atoms with van der Waals surface area (Å²) >= 11 is 5.07. The molecule has 1 rings (SSSR count). The van der Waals surface area contributed by atoms with Gasteiger partial charge in [-0.25, -0.2) is 0 Å². The molecule has 0 radical (unpaired) electrons. The number of aldehydes is 1. The van der Waals surface area contributed by atoms with Gasteiger partial charge in [-0.2, -0.15) is 0 Å². The fourth-order valence-electron chi connectivity index (χ4n) is 0.844. The molecule has 0 aliphatic rings. The number of hydrogen-bond acceptors (Lipinski definition) is 3. The Morgan fingerprint density at radius 1 is 1.46 bits per heavy atom. The zero-order valence-electron chi connectivity index (χ0n) is 6.70. The highest BCUT2D eigenvalue weighted by atomic mass is 35.5. The molecule has 0 fully saturated rings. The van der Waals surface area contributed by atoms with Gasteiger partial charge in [-0.15, -0.1) is 0 Å². The van der Waals surface area contributed by atoms with Crippen LogP contribution in [0.5, 0.6) is 5.75 Å². The van der Waals surface area contributed by atoms with Gasteiger partial charge in [0.05, 0.1) is 5.56 Å². The van der Waals surface area contributed by atoms with Crippen molar-refractivity contribution in [2.24, 2.45) is 0 Å². The van der Waals surface area contributed by atoms with E-state index in [0.29, 0.717) is 17.6 Å². The fourth-order valence-corrected chi connectivity index (χ4v) is 0.898. The Morgan fingerprint density at radius 3 is 2.77 bits per heavy atom. The molecule has 0 unspecified atom stereocenters. The third kappa shape index (κ3) is 2.87. The quantitative estimate of drug-likeness (QED) is 0.546. The van der Waals surface area contributed by atoms with Gasteiger partial charge in [0.25, 0.3) is 5.24 Å². The van der Waals surface area contributed by atoms with Gasteiger partial charge in [0.2, 0.25) is 0 Å². The van der Waals surface area contributed by atoms with Crippen LogP contribution in [0.3, 0.4) is 0 Å². The first-order valence-electron chi connectivity index (χ1n) is 3.59. The molecule has 4 heteroatoms. The molecule has 0 atom stereocenters. The van der Waals surface area contributed by atoms with Gasteiger partial charge in [0, 0.05) is 0 Å². The SMILES string of the molecule is O=Cc1ccccc1OCC(=O)Cl. The number of hydrogen-bond donors (Lipinski definition) is 0. The minimum absolute atomic E-state index is 0.230. The molecule has 3 nitrogen and oxygen atoms in total. The van der Waals surface area contributed by atoms with E-state index in [-0.39, 0.29) is 6.61 Å². The van der Waals surface area contributed by atoms with Crippen LogP contribution in [-0.4, -0.2) is 18.1 Å². The average molecular weight is 199 g/mol. The van der Waals surface area contributed by atoms with E-state index < -0.39 is 5.24 Å². The van der Waals surface area contributed by atoms with Crippen LogP contribution < -0.4 is 4.74 Å². The van der Waals surface area contributed by atoms with Gasteiger partial charge in [-0.05, 0) is 23.7 Å². The molecule has 1 aromatic rings. The van der Waals surface area contributed by atoms with Crippen LogP contribution in [-0.2, 0) is 4.79 Å². The number of rotatable bonds is 4. The molecule has 0 amide bonds. The highest BCUT2D eigenvalue weighted by molar-refractivity contribution is 6.63. The van der Waals surface area contributed by atoms with Crippen molar-refractivity contribution in [2.45, 2.75) is 0 Å². The Hall–Kier alpha value is -1.35. The predicted molar refractivity (Wildman–Crippen MR) is 48.2 cm³/mol. The van der Waals surface area contributed by atoms with Crippen molar-refractivity contribution in [3.05, 3.63) is 29.8 Å². The van der Waals surface area contributed by atoms with Crippen molar-refractivity contribution in [3.8, 4) is 5.75 Å². The fraction of sp³-hybridized carbons (Fsp3) is 0.111. The zero-order valence-corrected chi connectivity index (χ0v) is 7.45. The standard InChI is InChI=1S/C9H7ClO3/c10-9(12)6-13-8-4-2-1-3-7(8)5-11/h1-5H,6H2. The van der Waals surface area contributed by atoms with E-state index in [1.807, 2.05) is 0 Å². The molecule has 0 heterocycles. The number of carbonyl (C=O) groups excluding carboxylic acids is 2. The molecule has 68 valence electrons. The third-order valence-corrected chi connectivity index (χ3v) is 1.50. The highest BCUT2D eigenvalue weighted by Gasteiger charge is 2.02. The lowest BCUT2D eigenvalue weighted by Gasteiger charge is -2.04. The second-order valence-corrected chi connectivity index (χ2v) is 2.72. The first kappa shape index (κ1) is 9.74. The molecule has 0 saturated carbocycles. The summed E-state index contributed by atoms with van der Waals surface area (Å²) in [5.74, 6) is 0.367. The van der Waals surface area contributed by atoms with Crippen LogP contribution in [0.1, 0.15) is 10.4 Å². The minimum Gasteiger partial charge on any atom is -0.484 e. The van der Waals surface area contributed by atoms with Crippen molar-refractivity contribution < 1.29 is 14.3 Å². The highest BCUT2D eigenvalue weighted by Crippen LogP contribution is 2.15. The van der Waals surface area contributed by atoms with Gasteiger partial charge in [0.1, 0.15) is 5.75 Å². The van der Waals surface area contributed by atoms with Crippen molar-refractivity contribution in [1.82, 2.24) is 0 Å². The lowest BCUT2D eigenvalue weighted by molar-refractivity contribution is -0.113. The number of ether oxygens (including phenoxy) is 1. The summed E-state index contributed by atoms with van der Waals surface area (Å²) in [6, 6.07) is 6.62. The Morgan fingerprint density at radius 2 is 2.15 bits per heavy atom. The van der Waals surface area contributed by atoms with Crippen LogP contribution in [0.4, 0.5) is 0 Å². The first-order chi connectivity index (χ1) is 6.24. The van der Waals surface area contributed by atoms with E-state index in [1.54, 1.807) is 24.3 Å². The molecule has 13 heavy (non-hydrogen) atoms. The second-order valence-electron chi connectivity index (χ2n) is 2.30. The maximum absolute atomic E-state index is 10.5. The Labute approximate surface area is 80.3 Å². The molecular formula is C9H7ClO3. The summed E-state index contributed by atoms with van der Waals surface area (Å²) in [6.45, 7) is -0.230. The van der Waals surface area contributed by atoms with E-state index in [4.69, 9.17) is 16.3 Å². The normalized spacial score (nSPS) is 9.31. The van der Waals surface area contributed by atoms with Gasteiger partial charge in [0.15, 0.2) is 12.9 Å². The molecule has 0 bridgehead atoms. The molecular weight excluding hydrogens is 192 g/mol. The van der Waals surface area contributed by atoms with Gasteiger partial charge >= 0.3 is 0 Å². The van der Waals surface area contributed by atoms with Crippen LogP contribution >= 0.6 is 11.6 Å². The van der Waals surface area contributed by atoms with E-state index in [1.165, 1.54) is 0 Å². The first-order valence-corrected chi connectivity index (χ1v) is 3.97. The van der Waals surface area contributed by atoms with Gasteiger partial charge in [-0.1, -0.05) is 12.1 Å². The van der Waals surface area contributed by atoms with Crippen molar-refractivity contribution in [2.75, 3.05) is 6.61 Å². The minimum atomic E-state index is -0.597. The van der Waals surface area contributed by atoms with E-state index in [9.17, 15) is 9.59 Å². The lowest BCUT2D eigenvalue weighted by atomic mass is 10.2. The van der Waals surface area contributed by atoms with Gasteiger partial charge < -0.3 is 4.74 Å². The van der Waals surface area contributed by atoms with Crippen LogP contribution in [0.15, 0.2) is 24.3 Å². The number of benzene rings is 1. The molecule has 1 aromatic carbocycles. The largest absolute Gasteiger partial charge is 0.484 e. The molecule has 0 spiro atoms. The van der Waals surface area contributed by atoms with Gasteiger partial charge in [-0.3, -0.25) is 9.59 Å². The third-order valence-electron chi connectivity index (χ3n) is 1.39. The summed E-state index contributed by atoms with van der Waals surface area (Å²) in [5, 5.41) is -0.597. The molecule has 0 aliphatic heterocycles. The number of halogens is 1. The Kier molecular flexibility index (Phi) is 3.46. The van der Waals surface area contributed by atoms with Crippen LogP contribution in [0.2, 0.25) is 0 Å². The van der Waals surface area contributed by atoms with Crippen molar-refractivity contribution in [3.63, 3.8) is 0 Å². The summed E-state index contributed by atoms with van der Waals surface area (Å²) in [7, 11) is 0. The van der Waals surface area contributed by atoms with E-state index in [0.717, 1.165) is 0 Å². The molecule has 0 aliphatic carbocycles. The number of carbonyl (C=O) groups is 2. The average Bonchev–Trinajstić information content (AvgIpc) is 2.15. The van der Waals surface area contributed by atoms with Crippen molar-refractivity contribution >= 4 is 23.1 Å². The van der Waals surface area contributed by atoms with E-state index in [2.05, 4.69) is 0 Å². The van der Waals surface area contributed by atoms with E-state index >= 15 is 0 Å². The summed E-state index contributed by atoms with van der Waals surface area (Å²) in [5.41, 5.74) is 0.403. The van der Waals surface area contributed by atoms with Crippen molar-refractivity contribution in [1.29, 1.82) is 0 Å². The van der Waals surface area contributed by atoms with Crippen LogP contribution in [0, 0.1) is 0 Å². The summed E-state index contributed by atoms with van der Waals surface area (Å²) in [4.78, 5) is 20.8. The second kappa shape index (κ2) is 4.62. The molecule has 0 saturated heterocycles. The Bertz CT molecular complexity index is 322. The molecule has 0 N–H and O–H groups in total. The lowest BCUT2D eigenvalue weighted by Crippen LogP contribution is -2.05. The zero-order chi connectivity index (χ0) is 9.68. The number of para-hydroxylation sites is 1. The maximum Gasteiger partial charge on any atom is 0.259 e. The smallest absolute Gasteiger partial charge is 0.259 e. The Balaban J connectivity index is 2.75. The summed E-state index contributed by atoms with van der Waals surface area (Å²) in [6.07, 6.45) is 0.661. The molecule has 0 aromatic heterocycles. The predicted octanol–water partition coefficient (Wildman–Crippen LogP) is 1.64. The topological polar surface area (TPSA) is 43.4 Å². The monoisotopic (exact) mass is 198 g/mol. The maximum atomic E-state index is 10.5. The van der Waals surface area contributed by atoms with Crippen LogP contribution in [0.25, 0.3) is 0 Å².